The van der Waals surface area contributed by atoms with Crippen molar-refractivity contribution in [2.24, 2.45) is 5.92 Å². The molecule has 3 rings (SSSR count). The summed E-state index contributed by atoms with van der Waals surface area (Å²) < 4.78 is 0. The molecule has 1 aliphatic rings. The summed E-state index contributed by atoms with van der Waals surface area (Å²) in [5, 5.41) is 12.6. The molecule has 1 fully saturated rings. The third-order valence-corrected chi connectivity index (χ3v) is 4.61. The molecule has 0 saturated heterocycles. The van der Waals surface area contributed by atoms with E-state index in [9.17, 15) is 9.90 Å². The molecule has 0 aliphatic heterocycles. The zero-order chi connectivity index (χ0) is 16.2. The molecule has 3 atom stereocenters. The Hall–Kier alpha value is -2.13. The van der Waals surface area contributed by atoms with Crippen LogP contribution in [0.2, 0.25) is 0 Å². The number of carbonyl (C=O) groups excluding carboxylic acids is 1. The highest BCUT2D eigenvalue weighted by molar-refractivity contribution is 5.83. The van der Waals surface area contributed by atoms with Crippen LogP contribution >= 0.6 is 0 Å². The van der Waals surface area contributed by atoms with Gasteiger partial charge in [-0.3, -0.25) is 4.79 Å². The highest BCUT2D eigenvalue weighted by atomic mass is 16.3. The fraction of sp³-hybridized carbons (Fsp3) is 0.350. The van der Waals surface area contributed by atoms with E-state index in [1.165, 1.54) is 11.1 Å². The first-order valence-electron chi connectivity index (χ1n) is 8.19. The summed E-state index contributed by atoms with van der Waals surface area (Å²) in [4.78, 5) is 12.4. The fourth-order valence-corrected chi connectivity index (χ4v) is 3.20. The van der Waals surface area contributed by atoms with Gasteiger partial charge in [0, 0.05) is 5.92 Å². The normalized spacial score (nSPS) is 20.8. The SMILES string of the molecule is Cc1ccccc1C1CC1C(=O)NC(CO)Cc1ccccc1. The van der Waals surface area contributed by atoms with Crippen molar-refractivity contribution in [3.8, 4) is 0 Å². The topological polar surface area (TPSA) is 49.3 Å². The second-order valence-electron chi connectivity index (χ2n) is 6.38. The highest BCUT2D eigenvalue weighted by Gasteiger charge is 2.44. The quantitative estimate of drug-likeness (QED) is 0.862. The second-order valence-corrected chi connectivity index (χ2v) is 6.38. The van der Waals surface area contributed by atoms with Gasteiger partial charge < -0.3 is 10.4 Å². The van der Waals surface area contributed by atoms with E-state index in [1.54, 1.807) is 0 Å². The minimum atomic E-state index is -0.219. The molecular weight excluding hydrogens is 286 g/mol. The van der Waals surface area contributed by atoms with Gasteiger partial charge in [-0.25, -0.2) is 0 Å². The van der Waals surface area contributed by atoms with Crippen LogP contribution in [0.5, 0.6) is 0 Å². The van der Waals surface area contributed by atoms with Gasteiger partial charge in [0.1, 0.15) is 0 Å². The van der Waals surface area contributed by atoms with Crippen molar-refractivity contribution < 1.29 is 9.90 Å². The zero-order valence-corrected chi connectivity index (χ0v) is 13.4. The summed E-state index contributed by atoms with van der Waals surface area (Å²) in [6, 6.07) is 18.0. The largest absolute Gasteiger partial charge is 0.394 e. The van der Waals surface area contributed by atoms with Crippen molar-refractivity contribution in [2.45, 2.75) is 31.7 Å². The van der Waals surface area contributed by atoms with E-state index in [1.807, 2.05) is 42.5 Å². The molecule has 0 heterocycles. The fourth-order valence-electron chi connectivity index (χ4n) is 3.20. The first kappa shape index (κ1) is 15.8. The summed E-state index contributed by atoms with van der Waals surface area (Å²) in [6.45, 7) is 2.05. The average molecular weight is 309 g/mol. The molecule has 2 aromatic rings. The van der Waals surface area contributed by atoms with Crippen molar-refractivity contribution in [1.29, 1.82) is 0 Å². The predicted molar refractivity (Wildman–Crippen MR) is 91.2 cm³/mol. The Kier molecular flexibility index (Phi) is 4.77. The third-order valence-electron chi connectivity index (χ3n) is 4.61. The highest BCUT2D eigenvalue weighted by Crippen LogP contribution is 2.48. The molecule has 1 amide bonds. The van der Waals surface area contributed by atoms with Crippen LogP contribution in [-0.4, -0.2) is 23.7 Å². The minimum Gasteiger partial charge on any atom is -0.394 e. The number of nitrogens with one attached hydrogen (secondary N) is 1. The smallest absolute Gasteiger partial charge is 0.224 e. The first-order valence-corrected chi connectivity index (χ1v) is 8.19. The molecule has 0 radical (unpaired) electrons. The molecular formula is C20H23NO2. The lowest BCUT2D eigenvalue weighted by molar-refractivity contribution is -0.123. The Morgan fingerprint density at radius 3 is 2.57 bits per heavy atom. The Morgan fingerprint density at radius 2 is 1.87 bits per heavy atom. The Labute approximate surface area is 137 Å². The van der Waals surface area contributed by atoms with Crippen molar-refractivity contribution in [2.75, 3.05) is 6.61 Å². The maximum absolute atomic E-state index is 12.4. The van der Waals surface area contributed by atoms with Gasteiger partial charge in [-0.1, -0.05) is 54.6 Å². The predicted octanol–water partition coefficient (Wildman–Crippen LogP) is 2.82. The van der Waals surface area contributed by atoms with E-state index >= 15 is 0 Å². The number of aliphatic hydroxyl groups excluding tert-OH is 1. The zero-order valence-electron chi connectivity index (χ0n) is 13.4. The average Bonchev–Trinajstić information content (AvgIpc) is 3.36. The molecule has 2 N–H and O–H groups in total. The van der Waals surface area contributed by atoms with Gasteiger partial charge in [-0.15, -0.1) is 0 Å². The minimum absolute atomic E-state index is 0.0393. The van der Waals surface area contributed by atoms with Crippen LogP contribution in [-0.2, 0) is 11.2 Å². The molecule has 1 aliphatic carbocycles. The van der Waals surface area contributed by atoms with Crippen LogP contribution in [0.25, 0.3) is 0 Å². The molecule has 2 aromatic carbocycles. The van der Waals surface area contributed by atoms with Crippen LogP contribution in [0.4, 0.5) is 0 Å². The molecule has 0 spiro atoms. The Morgan fingerprint density at radius 1 is 1.17 bits per heavy atom. The van der Waals surface area contributed by atoms with Gasteiger partial charge in [0.15, 0.2) is 0 Å². The monoisotopic (exact) mass is 309 g/mol. The van der Waals surface area contributed by atoms with Crippen molar-refractivity contribution in [3.05, 3.63) is 71.3 Å². The molecule has 3 nitrogen and oxygen atoms in total. The standard InChI is InChI=1S/C20H23NO2/c1-14-7-5-6-10-17(14)18-12-19(18)20(23)21-16(13-22)11-15-8-3-2-4-9-15/h2-10,16,18-19,22H,11-13H2,1H3,(H,21,23). The van der Waals surface area contributed by atoms with Crippen LogP contribution in [0.3, 0.4) is 0 Å². The lowest BCUT2D eigenvalue weighted by atomic mass is 10.0. The van der Waals surface area contributed by atoms with Crippen molar-refractivity contribution in [3.63, 3.8) is 0 Å². The number of amides is 1. The molecule has 0 aromatic heterocycles. The van der Waals surface area contributed by atoms with Crippen LogP contribution in [0.1, 0.15) is 29.0 Å². The number of benzene rings is 2. The van der Waals surface area contributed by atoms with E-state index in [2.05, 4.69) is 24.4 Å². The lowest BCUT2D eigenvalue weighted by Crippen LogP contribution is -2.40. The third kappa shape index (κ3) is 3.80. The number of carbonyl (C=O) groups is 1. The number of aryl methyl sites for hydroxylation is 1. The maximum atomic E-state index is 12.4. The summed E-state index contributed by atoms with van der Waals surface area (Å²) in [7, 11) is 0. The summed E-state index contributed by atoms with van der Waals surface area (Å²) in [5.41, 5.74) is 3.64. The summed E-state index contributed by atoms with van der Waals surface area (Å²) in [6.07, 6.45) is 1.56. The molecule has 0 bridgehead atoms. The van der Waals surface area contributed by atoms with E-state index in [4.69, 9.17) is 0 Å². The van der Waals surface area contributed by atoms with Gasteiger partial charge in [0.05, 0.1) is 12.6 Å². The Balaban J connectivity index is 1.58. The summed E-state index contributed by atoms with van der Waals surface area (Å²) in [5.74, 6) is 0.432. The molecule has 3 unspecified atom stereocenters. The lowest BCUT2D eigenvalue weighted by Gasteiger charge is -2.16. The number of rotatable bonds is 6. The van der Waals surface area contributed by atoms with Crippen LogP contribution < -0.4 is 5.32 Å². The van der Waals surface area contributed by atoms with Gasteiger partial charge in [-0.2, -0.15) is 0 Å². The van der Waals surface area contributed by atoms with E-state index in [-0.39, 0.29) is 24.5 Å². The molecule has 23 heavy (non-hydrogen) atoms. The number of hydrogen-bond acceptors (Lipinski definition) is 2. The second kappa shape index (κ2) is 6.97. The first-order chi connectivity index (χ1) is 11.2. The number of aliphatic hydroxyl groups is 1. The van der Waals surface area contributed by atoms with Crippen LogP contribution in [0, 0.1) is 12.8 Å². The number of hydrogen-bond donors (Lipinski definition) is 2. The van der Waals surface area contributed by atoms with E-state index < -0.39 is 0 Å². The maximum Gasteiger partial charge on any atom is 0.224 e. The van der Waals surface area contributed by atoms with Gasteiger partial charge in [-0.05, 0) is 42.4 Å². The molecule has 3 heteroatoms. The van der Waals surface area contributed by atoms with Crippen molar-refractivity contribution >= 4 is 5.91 Å². The molecule has 120 valence electrons. The van der Waals surface area contributed by atoms with Gasteiger partial charge in [0.2, 0.25) is 5.91 Å². The van der Waals surface area contributed by atoms with Gasteiger partial charge in [0.25, 0.3) is 0 Å². The molecule has 1 saturated carbocycles. The van der Waals surface area contributed by atoms with Crippen LogP contribution in [0.15, 0.2) is 54.6 Å². The van der Waals surface area contributed by atoms with Gasteiger partial charge >= 0.3 is 0 Å². The van der Waals surface area contributed by atoms with Crippen molar-refractivity contribution in [1.82, 2.24) is 5.32 Å². The summed E-state index contributed by atoms with van der Waals surface area (Å²) >= 11 is 0. The Bertz CT molecular complexity index is 668. The van der Waals surface area contributed by atoms with E-state index in [0.717, 1.165) is 12.0 Å². The van der Waals surface area contributed by atoms with E-state index in [0.29, 0.717) is 12.3 Å².